The standard InChI is InChI=1S/C16H23N3S/c1-12-6-8-16(9-7-12)11-20-15(19-16)18-13(2)14-5-3-4-10-17-14/h3-5,10,12-13H,6-9,11H2,1-2H3,(H,18,19). The summed E-state index contributed by atoms with van der Waals surface area (Å²) in [6, 6.07) is 6.15. The Morgan fingerprint density at radius 1 is 1.40 bits per heavy atom. The van der Waals surface area contributed by atoms with E-state index in [1.165, 1.54) is 31.4 Å². The molecule has 1 N–H and O–H groups in total. The fourth-order valence-electron chi connectivity index (χ4n) is 3.02. The quantitative estimate of drug-likeness (QED) is 0.900. The van der Waals surface area contributed by atoms with Crippen molar-refractivity contribution in [1.82, 2.24) is 10.3 Å². The smallest absolute Gasteiger partial charge is 0.157 e. The zero-order valence-corrected chi connectivity index (χ0v) is 13.1. The van der Waals surface area contributed by atoms with Crippen molar-refractivity contribution in [1.29, 1.82) is 0 Å². The largest absolute Gasteiger partial charge is 0.359 e. The molecule has 4 heteroatoms. The number of pyridine rings is 1. The van der Waals surface area contributed by atoms with Gasteiger partial charge in [-0.2, -0.15) is 0 Å². The predicted octanol–water partition coefficient (Wildman–Crippen LogP) is 3.78. The zero-order chi connectivity index (χ0) is 14.0. The van der Waals surface area contributed by atoms with E-state index < -0.39 is 0 Å². The van der Waals surface area contributed by atoms with Gasteiger partial charge in [-0.3, -0.25) is 9.98 Å². The molecule has 2 aliphatic rings. The summed E-state index contributed by atoms with van der Waals surface area (Å²) in [5.74, 6) is 2.06. The lowest BCUT2D eigenvalue weighted by Gasteiger charge is -2.35. The van der Waals surface area contributed by atoms with E-state index in [1.54, 1.807) is 0 Å². The molecule has 1 aliphatic carbocycles. The van der Waals surface area contributed by atoms with E-state index in [0.29, 0.717) is 5.54 Å². The lowest BCUT2D eigenvalue weighted by molar-refractivity contribution is 0.250. The number of aromatic nitrogens is 1. The summed E-state index contributed by atoms with van der Waals surface area (Å²) < 4.78 is 0. The summed E-state index contributed by atoms with van der Waals surface area (Å²) in [6.45, 7) is 4.48. The van der Waals surface area contributed by atoms with Gasteiger partial charge in [-0.25, -0.2) is 0 Å². The van der Waals surface area contributed by atoms with Gasteiger partial charge in [0.25, 0.3) is 0 Å². The highest BCUT2D eigenvalue weighted by molar-refractivity contribution is 8.14. The molecule has 3 rings (SSSR count). The van der Waals surface area contributed by atoms with Crippen LogP contribution in [0.15, 0.2) is 29.4 Å². The maximum atomic E-state index is 4.82. The van der Waals surface area contributed by atoms with Crippen LogP contribution >= 0.6 is 11.8 Å². The molecule has 108 valence electrons. The van der Waals surface area contributed by atoms with E-state index in [1.807, 2.05) is 36.2 Å². The topological polar surface area (TPSA) is 37.3 Å². The van der Waals surface area contributed by atoms with Gasteiger partial charge in [-0.1, -0.05) is 24.8 Å². The number of hydrogen-bond acceptors (Lipinski definition) is 3. The molecule has 0 amide bonds. The second kappa shape index (κ2) is 5.76. The van der Waals surface area contributed by atoms with Crippen molar-refractivity contribution >= 4 is 16.9 Å². The van der Waals surface area contributed by atoms with Crippen molar-refractivity contribution in [2.45, 2.75) is 51.1 Å². The highest BCUT2D eigenvalue weighted by Gasteiger charge is 2.39. The first-order valence-corrected chi connectivity index (χ1v) is 8.55. The van der Waals surface area contributed by atoms with Crippen molar-refractivity contribution in [2.75, 3.05) is 5.75 Å². The minimum absolute atomic E-state index is 0.129. The maximum Gasteiger partial charge on any atom is 0.157 e. The van der Waals surface area contributed by atoms with Crippen LogP contribution in [0.3, 0.4) is 0 Å². The van der Waals surface area contributed by atoms with E-state index in [-0.39, 0.29) is 6.04 Å². The SMILES string of the molecule is CC1CCC2(CC1)CSC(=NC(C)c1ccccn1)N2. The van der Waals surface area contributed by atoms with E-state index in [9.17, 15) is 0 Å². The van der Waals surface area contributed by atoms with Crippen LogP contribution in [0.2, 0.25) is 0 Å². The van der Waals surface area contributed by atoms with Crippen molar-refractivity contribution < 1.29 is 0 Å². The van der Waals surface area contributed by atoms with Gasteiger partial charge in [0.15, 0.2) is 5.17 Å². The first-order chi connectivity index (χ1) is 9.67. The average Bonchev–Trinajstić information content (AvgIpc) is 2.86. The first-order valence-electron chi connectivity index (χ1n) is 7.57. The molecule has 1 aromatic rings. The zero-order valence-electron chi connectivity index (χ0n) is 12.3. The summed E-state index contributed by atoms with van der Waals surface area (Å²) in [7, 11) is 0. The molecule has 3 nitrogen and oxygen atoms in total. The monoisotopic (exact) mass is 289 g/mol. The van der Waals surface area contributed by atoms with Gasteiger partial charge < -0.3 is 5.32 Å². The number of thioether (sulfide) groups is 1. The van der Waals surface area contributed by atoms with Crippen LogP contribution in [0, 0.1) is 5.92 Å². The van der Waals surface area contributed by atoms with Crippen LogP contribution in [0.4, 0.5) is 0 Å². The molecule has 2 fully saturated rings. The summed E-state index contributed by atoms with van der Waals surface area (Å²) in [6.07, 6.45) is 7.11. The average molecular weight is 289 g/mol. The fraction of sp³-hybridized carbons (Fsp3) is 0.625. The van der Waals surface area contributed by atoms with Crippen LogP contribution in [-0.2, 0) is 0 Å². The number of hydrogen-bond donors (Lipinski definition) is 1. The molecule has 20 heavy (non-hydrogen) atoms. The van der Waals surface area contributed by atoms with Crippen molar-refractivity contribution in [2.24, 2.45) is 10.9 Å². The van der Waals surface area contributed by atoms with E-state index in [0.717, 1.165) is 16.8 Å². The summed E-state index contributed by atoms with van der Waals surface area (Å²) in [4.78, 5) is 9.21. The second-order valence-corrected chi connectivity index (χ2v) is 7.21. The van der Waals surface area contributed by atoms with Gasteiger partial charge in [-0.05, 0) is 50.7 Å². The molecule has 0 radical (unpaired) electrons. The predicted molar refractivity (Wildman–Crippen MR) is 86.0 cm³/mol. The Labute approximate surface area is 125 Å². The Hall–Kier alpha value is -1.03. The summed E-state index contributed by atoms with van der Waals surface area (Å²) in [5, 5.41) is 4.82. The van der Waals surface area contributed by atoms with Gasteiger partial charge in [-0.15, -0.1) is 0 Å². The highest BCUT2D eigenvalue weighted by Crippen LogP contribution is 2.38. The van der Waals surface area contributed by atoms with Gasteiger partial charge in [0.2, 0.25) is 0 Å². The lowest BCUT2D eigenvalue weighted by atomic mass is 9.78. The molecule has 1 saturated carbocycles. The minimum atomic E-state index is 0.129. The van der Waals surface area contributed by atoms with Crippen LogP contribution in [0.25, 0.3) is 0 Å². The van der Waals surface area contributed by atoms with Crippen LogP contribution in [0.5, 0.6) is 0 Å². The molecule has 0 aromatic carbocycles. The third-order valence-corrected chi connectivity index (χ3v) is 5.69. The Morgan fingerprint density at radius 3 is 2.90 bits per heavy atom. The van der Waals surface area contributed by atoms with Gasteiger partial charge in [0.1, 0.15) is 0 Å². The molecule has 1 spiro atoms. The molecule has 1 aromatic heterocycles. The Balaban J connectivity index is 1.66. The van der Waals surface area contributed by atoms with Crippen LogP contribution in [-0.4, -0.2) is 21.4 Å². The highest BCUT2D eigenvalue weighted by atomic mass is 32.2. The summed E-state index contributed by atoms with van der Waals surface area (Å²) >= 11 is 1.88. The Morgan fingerprint density at radius 2 is 2.20 bits per heavy atom. The molecule has 1 unspecified atom stereocenters. The van der Waals surface area contributed by atoms with Crippen molar-refractivity contribution in [3.05, 3.63) is 30.1 Å². The number of aliphatic imine (C=N–C) groups is 1. The maximum absolute atomic E-state index is 4.82. The molecule has 1 saturated heterocycles. The number of rotatable bonds is 2. The van der Waals surface area contributed by atoms with Crippen LogP contribution in [0.1, 0.15) is 51.3 Å². The first kappa shape index (κ1) is 13.9. The second-order valence-electron chi connectivity index (χ2n) is 6.24. The Bertz CT molecular complexity index is 478. The molecular weight excluding hydrogens is 266 g/mol. The minimum Gasteiger partial charge on any atom is -0.359 e. The van der Waals surface area contributed by atoms with Crippen LogP contribution < -0.4 is 5.32 Å². The Kier molecular flexibility index (Phi) is 4.01. The molecule has 1 aliphatic heterocycles. The molecular formula is C16H23N3S. The summed E-state index contributed by atoms with van der Waals surface area (Å²) in [5.41, 5.74) is 1.36. The van der Waals surface area contributed by atoms with Gasteiger partial charge in [0, 0.05) is 17.5 Å². The van der Waals surface area contributed by atoms with Gasteiger partial charge >= 0.3 is 0 Å². The van der Waals surface area contributed by atoms with E-state index in [2.05, 4.69) is 24.1 Å². The fourth-order valence-corrected chi connectivity index (χ4v) is 4.32. The lowest BCUT2D eigenvalue weighted by Crippen LogP contribution is -2.46. The third kappa shape index (κ3) is 3.00. The van der Waals surface area contributed by atoms with Gasteiger partial charge in [0.05, 0.1) is 11.7 Å². The number of nitrogens with one attached hydrogen (secondary N) is 1. The van der Waals surface area contributed by atoms with E-state index in [4.69, 9.17) is 4.99 Å². The number of amidine groups is 1. The molecule has 1 atom stereocenters. The molecule has 0 bridgehead atoms. The molecule has 2 heterocycles. The van der Waals surface area contributed by atoms with Crippen molar-refractivity contribution in [3.8, 4) is 0 Å². The normalized spacial score (nSPS) is 33.3. The number of nitrogens with zero attached hydrogens (tertiary/aromatic N) is 2. The van der Waals surface area contributed by atoms with E-state index >= 15 is 0 Å². The van der Waals surface area contributed by atoms with Crippen molar-refractivity contribution in [3.63, 3.8) is 0 Å². The third-order valence-electron chi connectivity index (χ3n) is 4.52.